The summed E-state index contributed by atoms with van der Waals surface area (Å²) in [4.78, 5) is 0. The first kappa shape index (κ1) is 11.6. The van der Waals surface area contributed by atoms with Crippen molar-refractivity contribution in [2.45, 2.75) is 12.7 Å². The number of aliphatic hydroxyl groups excluding tert-OH is 1. The van der Waals surface area contributed by atoms with Gasteiger partial charge < -0.3 is 14.6 Å². The van der Waals surface area contributed by atoms with E-state index in [2.05, 4.69) is 5.92 Å². The molecule has 0 saturated heterocycles. The first-order valence-electron chi connectivity index (χ1n) is 4.61. The molecule has 15 heavy (non-hydrogen) atoms. The Morgan fingerprint density at radius 1 is 1.40 bits per heavy atom. The first-order chi connectivity index (χ1) is 7.26. The van der Waals surface area contributed by atoms with Crippen LogP contribution in [-0.4, -0.2) is 24.9 Å². The van der Waals surface area contributed by atoms with Crippen molar-refractivity contribution in [3.05, 3.63) is 29.8 Å². The lowest BCUT2D eigenvalue weighted by Gasteiger charge is -2.08. The number of benzene rings is 1. The third kappa shape index (κ3) is 4.03. The van der Waals surface area contributed by atoms with Gasteiger partial charge >= 0.3 is 0 Å². The van der Waals surface area contributed by atoms with Crippen LogP contribution in [0.15, 0.2) is 24.3 Å². The van der Waals surface area contributed by atoms with E-state index in [1.807, 2.05) is 24.3 Å². The lowest BCUT2D eigenvalue weighted by molar-refractivity contribution is 0.151. The van der Waals surface area contributed by atoms with Crippen molar-refractivity contribution in [3.8, 4) is 18.1 Å². The van der Waals surface area contributed by atoms with Crippen molar-refractivity contribution in [2.24, 2.45) is 0 Å². The minimum atomic E-state index is -0.858. The van der Waals surface area contributed by atoms with E-state index in [0.29, 0.717) is 12.4 Å². The van der Waals surface area contributed by atoms with Crippen LogP contribution in [0.1, 0.15) is 5.56 Å². The molecule has 0 unspecified atom stereocenters. The summed E-state index contributed by atoms with van der Waals surface area (Å²) in [5, 5.41) is 9.08. The third-order valence-corrected chi connectivity index (χ3v) is 1.83. The molecule has 3 heteroatoms. The lowest BCUT2D eigenvalue weighted by Crippen LogP contribution is -2.14. The maximum atomic E-state index is 9.08. The number of terminal acetylenes is 1. The summed E-state index contributed by atoms with van der Waals surface area (Å²) in [6.07, 6.45) is 4.15. The number of ether oxygens (including phenoxy) is 2. The van der Waals surface area contributed by atoms with Crippen LogP contribution >= 0.6 is 0 Å². The normalized spacial score (nSPS) is 11.8. The Morgan fingerprint density at radius 2 is 2.07 bits per heavy atom. The molecule has 0 fully saturated rings. The molecule has 0 radical (unpaired) electrons. The Morgan fingerprint density at radius 3 is 2.60 bits per heavy atom. The molecule has 1 rings (SSSR count). The van der Waals surface area contributed by atoms with Gasteiger partial charge in [0.05, 0.1) is 6.61 Å². The zero-order valence-corrected chi connectivity index (χ0v) is 8.64. The maximum absolute atomic E-state index is 9.08. The minimum Gasteiger partial charge on any atom is -0.490 e. The number of rotatable bonds is 5. The highest BCUT2D eigenvalue weighted by Crippen LogP contribution is 2.12. The molecule has 0 heterocycles. The van der Waals surface area contributed by atoms with Gasteiger partial charge in [0.2, 0.25) is 0 Å². The van der Waals surface area contributed by atoms with E-state index < -0.39 is 6.10 Å². The molecule has 0 saturated carbocycles. The van der Waals surface area contributed by atoms with Crippen LogP contribution < -0.4 is 4.74 Å². The number of hydrogen-bond acceptors (Lipinski definition) is 3. The van der Waals surface area contributed by atoms with E-state index in [-0.39, 0.29) is 6.61 Å². The molecule has 0 aliphatic heterocycles. The number of aliphatic hydroxyl groups is 1. The Hall–Kier alpha value is -1.50. The second-order valence-electron chi connectivity index (χ2n) is 3.07. The average Bonchev–Trinajstić information content (AvgIpc) is 2.28. The van der Waals surface area contributed by atoms with E-state index in [1.54, 1.807) is 7.11 Å². The van der Waals surface area contributed by atoms with Crippen LogP contribution in [0.4, 0.5) is 0 Å². The Kier molecular flexibility index (Phi) is 4.69. The summed E-state index contributed by atoms with van der Waals surface area (Å²) in [5.74, 6) is 2.86. The van der Waals surface area contributed by atoms with E-state index in [0.717, 1.165) is 5.56 Å². The van der Waals surface area contributed by atoms with Gasteiger partial charge in [-0.3, -0.25) is 0 Å². The lowest BCUT2D eigenvalue weighted by atomic mass is 10.2. The highest BCUT2D eigenvalue weighted by atomic mass is 16.5. The molecule has 1 aromatic rings. The fourth-order valence-electron chi connectivity index (χ4n) is 1.07. The summed E-state index contributed by atoms with van der Waals surface area (Å²) in [7, 11) is 1.65. The molecule has 1 aromatic carbocycles. The summed E-state index contributed by atoms with van der Waals surface area (Å²) < 4.78 is 10.2. The molecular weight excluding hydrogens is 192 g/mol. The second-order valence-corrected chi connectivity index (χ2v) is 3.07. The topological polar surface area (TPSA) is 38.7 Å². The highest BCUT2D eigenvalue weighted by Gasteiger charge is 2.00. The first-order valence-corrected chi connectivity index (χ1v) is 4.61. The van der Waals surface area contributed by atoms with E-state index >= 15 is 0 Å². The van der Waals surface area contributed by atoms with Crippen LogP contribution in [0.25, 0.3) is 0 Å². The van der Waals surface area contributed by atoms with Gasteiger partial charge in [-0.05, 0) is 17.7 Å². The van der Waals surface area contributed by atoms with Crippen molar-refractivity contribution >= 4 is 0 Å². The van der Waals surface area contributed by atoms with Gasteiger partial charge in [-0.25, -0.2) is 0 Å². The standard InChI is InChI=1S/C12H14O3/c1-3-11(13)9-15-12-6-4-10(5-7-12)8-14-2/h1,4-7,11,13H,8-9H2,2H3/t11-/m0/s1. The van der Waals surface area contributed by atoms with E-state index in [4.69, 9.17) is 21.0 Å². The zero-order chi connectivity index (χ0) is 11.1. The van der Waals surface area contributed by atoms with Crippen molar-refractivity contribution in [1.82, 2.24) is 0 Å². The smallest absolute Gasteiger partial charge is 0.148 e. The predicted molar refractivity (Wildman–Crippen MR) is 57.5 cm³/mol. The summed E-state index contributed by atoms with van der Waals surface area (Å²) >= 11 is 0. The number of hydrogen-bond donors (Lipinski definition) is 1. The fourth-order valence-corrected chi connectivity index (χ4v) is 1.07. The van der Waals surface area contributed by atoms with Crippen molar-refractivity contribution in [3.63, 3.8) is 0 Å². The Balaban J connectivity index is 2.46. The summed E-state index contributed by atoms with van der Waals surface area (Å²) in [6, 6.07) is 7.44. The summed E-state index contributed by atoms with van der Waals surface area (Å²) in [6.45, 7) is 0.688. The van der Waals surface area contributed by atoms with Crippen LogP contribution in [-0.2, 0) is 11.3 Å². The minimum absolute atomic E-state index is 0.111. The van der Waals surface area contributed by atoms with E-state index in [9.17, 15) is 0 Å². The van der Waals surface area contributed by atoms with Crippen molar-refractivity contribution < 1.29 is 14.6 Å². The van der Waals surface area contributed by atoms with Crippen LogP contribution in [0.5, 0.6) is 5.75 Å². The Bertz CT molecular complexity index is 324. The molecule has 3 nitrogen and oxygen atoms in total. The van der Waals surface area contributed by atoms with Crippen molar-refractivity contribution in [1.29, 1.82) is 0 Å². The zero-order valence-electron chi connectivity index (χ0n) is 8.64. The maximum Gasteiger partial charge on any atom is 0.148 e. The van der Waals surface area contributed by atoms with Gasteiger partial charge in [0.15, 0.2) is 0 Å². The van der Waals surface area contributed by atoms with Crippen LogP contribution in [0, 0.1) is 12.3 Å². The predicted octanol–water partition coefficient (Wildman–Crippen LogP) is 1.21. The highest BCUT2D eigenvalue weighted by molar-refractivity contribution is 5.27. The second kappa shape index (κ2) is 6.07. The van der Waals surface area contributed by atoms with Crippen molar-refractivity contribution in [2.75, 3.05) is 13.7 Å². The van der Waals surface area contributed by atoms with Gasteiger partial charge in [0, 0.05) is 7.11 Å². The third-order valence-electron chi connectivity index (χ3n) is 1.83. The molecule has 1 N–H and O–H groups in total. The largest absolute Gasteiger partial charge is 0.490 e. The van der Waals surface area contributed by atoms with Gasteiger partial charge in [-0.15, -0.1) is 6.42 Å². The molecular formula is C12H14O3. The van der Waals surface area contributed by atoms with Crippen LogP contribution in [0.3, 0.4) is 0 Å². The monoisotopic (exact) mass is 206 g/mol. The average molecular weight is 206 g/mol. The molecule has 0 aliphatic rings. The molecule has 0 aliphatic carbocycles. The van der Waals surface area contributed by atoms with Crippen LogP contribution in [0.2, 0.25) is 0 Å². The quantitative estimate of drug-likeness (QED) is 0.736. The molecule has 80 valence electrons. The fraction of sp³-hybridized carbons (Fsp3) is 0.333. The SMILES string of the molecule is C#C[C@H](O)COc1ccc(COC)cc1. The van der Waals surface area contributed by atoms with Gasteiger partial charge in [-0.2, -0.15) is 0 Å². The molecule has 0 bridgehead atoms. The number of methoxy groups -OCH3 is 1. The van der Waals surface area contributed by atoms with Gasteiger partial charge in [-0.1, -0.05) is 18.1 Å². The molecule has 0 amide bonds. The summed E-state index contributed by atoms with van der Waals surface area (Å²) in [5.41, 5.74) is 1.07. The van der Waals surface area contributed by atoms with E-state index in [1.165, 1.54) is 0 Å². The van der Waals surface area contributed by atoms with Gasteiger partial charge in [0.1, 0.15) is 18.5 Å². The molecule has 1 atom stereocenters. The van der Waals surface area contributed by atoms with Gasteiger partial charge in [0.25, 0.3) is 0 Å². The molecule has 0 aromatic heterocycles. The Labute approximate surface area is 89.6 Å². The molecule has 0 spiro atoms.